The van der Waals surface area contributed by atoms with Crippen LogP contribution in [0.4, 0.5) is 5.69 Å². The second-order valence-corrected chi connectivity index (χ2v) is 5.29. The Hall–Kier alpha value is -2.87. The van der Waals surface area contributed by atoms with Crippen LogP contribution in [-0.4, -0.2) is 6.29 Å². The summed E-state index contributed by atoms with van der Waals surface area (Å²) >= 11 is 0. The Kier molecular flexibility index (Phi) is 4.01. The van der Waals surface area contributed by atoms with E-state index in [0.29, 0.717) is 5.56 Å². The summed E-state index contributed by atoms with van der Waals surface area (Å²) in [4.78, 5) is 10.9. The molecule has 0 heterocycles. The number of anilines is 1. The second-order valence-electron chi connectivity index (χ2n) is 5.29. The first-order chi connectivity index (χ1) is 10.8. The number of rotatable bonds is 4. The van der Waals surface area contributed by atoms with Crippen LogP contribution >= 0.6 is 0 Å². The average Bonchev–Trinajstić information content (AvgIpc) is 2.58. The van der Waals surface area contributed by atoms with E-state index in [1.807, 2.05) is 54.6 Å². The fourth-order valence-electron chi connectivity index (χ4n) is 2.68. The molecule has 108 valence electrons. The summed E-state index contributed by atoms with van der Waals surface area (Å²) in [5.41, 5.74) is 10.8. The smallest absolute Gasteiger partial charge is 0.150 e. The topological polar surface area (TPSA) is 43.1 Å². The van der Waals surface area contributed by atoms with Crippen LogP contribution in [0.2, 0.25) is 0 Å². The van der Waals surface area contributed by atoms with E-state index in [4.69, 9.17) is 5.73 Å². The zero-order valence-electron chi connectivity index (χ0n) is 12.1. The van der Waals surface area contributed by atoms with Gasteiger partial charge < -0.3 is 5.73 Å². The molecule has 0 saturated heterocycles. The number of nitrogens with two attached hydrogens (primary N) is 1. The quantitative estimate of drug-likeness (QED) is 0.442. The van der Waals surface area contributed by atoms with Crippen molar-refractivity contribution in [1.29, 1.82) is 0 Å². The van der Waals surface area contributed by atoms with Crippen LogP contribution in [-0.2, 0) is 0 Å². The molecule has 0 bridgehead atoms. The maximum absolute atomic E-state index is 10.9. The first-order valence-electron chi connectivity index (χ1n) is 7.23. The lowest BCUT2D eigenvalue weighted by atomic mass is 9.85. The summed E-state index contributed by atoms with van der Waals surface area (Å²) in [6.45, 7) is 0. The Morgan fingerprint density at radius 3 is 1.73 bits per heavy atom. The number of nitrogen functional groups attached to an aromatic ring is 1. The summed E-state index contributed by atoms with van der Waals surface area (Å²) in [7, 11) is 0. The third-order valence-corrected chi connectivity index (χ3v) is 3.81. The largest absolute Gasteiger partial charge is 0.399 e. The van der Waals surface area contributed by atoms with Crippen molar-refractivity contribution < 1.29 is 4.79 Å². The van der Waals surface area contributed by atoms with Crippen molar-refractivity contribution in [1.82, 2.24) is 0 Å². The van der Waals surface area contributed by atoms with Crippen molar-refractivity contribution in [3.8, 4) is 0 Å². The van der Waals surface area contributed by atoms with E-state index >= 15 is 0 Å². The SMILES string of the molecule is Nc1ccc([C@H](c2ccccc2)c2ccc(C=O)cc2)cc1. The lowest BCUT2D eigenvalue weighted by molar-refractivity contribution is 0.112. The highest BCUT2D eigenvalue weighted by Gasteiger charge is 2.16. The van der Waals surface area contributed by atoms with Gasteiger partial charge in [0.1, 0.15) is 6.29 Å². The van der Waals surface area contributed by atoms with Crippen LogP contribution < -0.4 is 5.73 Å². The average molecular weight is 287 g/mol. The minimum Gasteiger partial charge on any atom is -0.399 e. The highest BCUT2D eigenvalue weighted by atomic mass is 16.1. The van der Waals surface area contributed by atoms with E-state index in [2.05, 4.69) is 24.3 Å². The van der Waals surface area contributed by atoms with Gasteiger partial charge >= 0.3 is 0 Å². The third kappa shape index (κ3) is 2.91. The van der Waals surface area contributed by atoms with E-state index in [1.54, 1.807) is 0 Å². The zero-order valence-corrected chi connectivity index (χ0v) is 12.1. The minimum absolute atomic E-state index is 0.127. The number of hydrogen-bond acceptors (Lipinski definition) is 2. The Morgan fingerprint density at radius 1 is 0.682 bits per heavy atom. The maximum Gasteiger partial charge on any atom is 0.150 e. The molecular weight excluding hydrogens is 270 g/mol. The Morgan fingerprint density at radius 2 is 1.18 bits per heavy atom. The molecule has 3 aromatic rings. The van der Waals surface area contributed by atoms with Gasteiger partial charge in [-0.15, -0.1) is 0 Å². The van der Waals surface area contributed by atoms with Crippen LogP contribution in [0.25, 0.3) is 0 Å². The minimum atomic E-state index is 0.127. The summed E-state index contributed by atoms with van der Waals surface area (Å²) < 4.78 is 0. The highest BCUT2D eigenvalue weighted by molar-refractivity contribution is 5.74. The lowest BCUT2D eigenvalue weighted by Gasteiger charge is -2.19. The van der Waals surface area contributed by atoms with E-state index in [1.165, 1.54) is 11.1 Å². The lowest BCUT2D eigenvalue weighted by Crippen LogP contribution is -2.03. The first kappa shape index (κ1) is 14.1. The summed E-state index contributed by atoms with van der Waals surface area (Å²) in [5.74, 6) is 0.127. The monoisotopic (exact) mass is 287 g/mol. The molecular formula is C20H17NO. The molecule has 2 nitrogen and oxygen atoms in total. The van der Waals surface area contributed by atoms with Gasteiger partial charge in [0.2, 0.25) is 0 Å². The van der Waals surface area contributed by atoms with Crippen molar-refractivity contribution in [2.24, 2.45) is 0 Å². The van der Waals surface area contributed by atoms with Crippen LogP contribution in [0.15, 0.2) is 78.9 Å². The Labute approximate surface area is 130 Å². The molecule has 0 aromatic heterocycles. The molecule has 3 rings (SSSR count). The van der Waals surface area contributed by atoms with Gasteiger partial charge in [-0.3, -0.25) is 4.79 Å². The van der Waals surface area contributed by atoms with E-state index in [9.17, 15) is 4.79 Å². The molecule has 2 N–H and O–H groups in total. The first-order valence-corrected chi connectivity index (χ1v) is 7.23. The van der Waals surface area contributed by atoms with Crippen molar-refractivity contribution in [3.63, 3.8) is 0 Å². The maximum atomic E-state index is 10.9. The van der Waals surface area contributed by atoms with E-state index < -0.39 is 0 Å². The molecule has 0 spiro atoms. The molecule has 0 unspecified atom stereocenters. The van der Waals surface area contributed by atoms with Crippen molar-refractivity contribution in [2.75, 3.05) is 5.73 Å². The fourth-order valence-corrected chi connectivity index (χ4v) is 2.68. The molecule has 3 aromatic carbocycles. The summed E-state index contributed by atoms with van der Waals surface area (Å²) in [6.07, 6.45) is 0.866. The number of aldehydes is 1. The molecule has 0 aliphatic carbocycles. The number of hydrogen-bond donors (Lipinski definition) is 1. The van der Waals surface area contributed by atoms with Gasteiger partial charge in [0.15, 0.2) is 0 Å². The molecule has 0 aliphatic heterocycles. The highest BCUT2D eigenvalue weighted by Crippen LogP contribution is 2.32. The van der Waals surface area contributed by atoms with Gasteiger partial charge in [-0.1, -0.05) is 66.7 Å². The van der Waals surface area contributed by atoms with Crippen LogP contribution in [0.5, 0.6) is 0 Å². The molecule has 0 aliphatic rings. The predicted octanol–water partition coefficient (Wildman–Crippen LogP) is 4.26. The molecule has 0 amide bonds. The second kappa shape index (κ2) is 6.27. The van der Waals surface area contributed by atoms with Crippen LogP contribution in [0.1, 0.15) is 33.0 Å². The predicted molar refractivity (Wildman–Crippen MR) is 90.1 cm³/mol. The summed E-state index contributed by atoms with van der Waals surface area (Å²) in [6, 6.07) is 26.0. The number of benzene rings is 3. The standard InChI is InChI=1S/C20H17NO/c21-19-12-10-18(11-13-19)20(16-4-2-1-3-5-16)17-8-6-15(14-22)7-9-17/h1-14,20H,21H2/t20-/m1/s1. The van der Waals surface area contributed by atoms with Crippen LogP contribution in [0, 0.1) is 0 Å². The molecule has 1 atom stereocenters. The molecule has 2 heteroatoms. The normalized spacial score (nSPS) is 11.8. The van der Waals surface area contributed by atoms with Gasteiger partial charge in [-0.2, -0.15) is 0 Å². The summed E-state index contributed by atoms with van der Waals surface area (Å²) in [5, 5.41) is 0. The number of carbonyl (C=O) groups is 1. The van der Waals surface area contributed by atoms with Crippen molar-refractivity contribution >= 4 is 12.0 Å². The van der Waals surface area contributed by atoms with Gasteiger partial charge in [0, 0.05) is 17.2 Å². The van der Waals surface area contributed by atoms with Gasteiger partial charge in [0.05, 0.1) is 0 Å². The third-order valence-electron chi connectivity index (χ3n) is 3.81. The van der Waals surface area contributed by atoms with Crippen LogP contribution in [0.3, 0.4) is 0 Å². The van der Waals surface area contributed by atoms with E-state index in [0.717, 1.165) is 17.5 Å². The molecule has 0 fully saturated rings. The van der Waals surface area contributed by atoms with Gasteiger partial charge in [0.25, 0.3) is 0 Å². The van der Waals surface area contributed by atoms with Gasteiger partial charge in [-0.05, 0) is 28.8 Å². The van der Waals surface area contributed by atoms with E-state index in [-0.39, 0.29) is 5.92 Å². The van der Waals surface area contributed by atoms with Gasteiger partial charge in [-0.25, -0.2) is 0 Å². The molecule has 0 radical (unpaired) electrons. The molecule has 22 heavy (non-hydrogen) atoms. The Bertz CT molecular complexity index is 746. The zero-order chi connectivity index (χ0) is 15.4. The Balaban J connectivity index is 2.09. The molecule has 0 saturated carbocycles. The van der Waals surface area contributed by atoms with Crippen molar-refractivity contribution in [3.05, 3.63) is 101 Å². The number of carbonyl (C=O) groups excluding carboxylic acids is 1. The van der Waals surface area contributed by atoms with Crippen molar-refractivity contribution in [2.45, 2.75) is 5.92 Å². The fraction of sp³-hybridized carbons (Fsp3) is 0.0500.